The average Bonchev–Trinajstić information content (AvgIpc) is 2.75. The van der Waals surface area contributed by atoms with Gasteiger partial charge in [0.15, 0.2) is 0 Å². The number of rotatable bonds is 4. The Hall–Kier alpha value is -2.09. The van der Waals surface area contributed by atoms with Gasteiger partial charge in [0.2, 0.25) is 0 Å². The summed E-state index contributed by atoms with van der Waals surface area (Å²) in [6.07, 6.45) is 0. The summed E-state index contributed by atoms with van der Waals surface area (Å²) >= 11 is 1.08. The van der Waals surface area contributed by atoms with Crippen LogP contribution in [-0.4, -0.2) is 36.2 Å². The molecule has 0 aliphatic rings. The number of carboxylic acids is 1. The predicted octanol–water partition coefficient (Wildman–Crippen LogP) is 1.13. The fourth-order valence-corrected chi connectivity index (χ4v) is 1.92. The molecule has 1 aromatic rings. The van der Waals surface area contributed by atoms with Crippen molar-refractivity contribution in [3.8, 4) is 0 Å². The molecule has 0 saturated carbocycles. The molecule has 1 heterocycles. The molecule has 98 valence electrons. The van der Waals surface area contributed by atoms with Gasteiger partial charge in [0.25, 0.3) is 0 Å². The third-order valence-corrected chi connectivity index (χ3v) is 2.85. The average molecular weight is 272 g/mol. The number of hydrogen-bond donors (Lipinski definition) is 3. The van der Waals surface area contributed by atoms with E-state index in [2.05, 4.69) is 15.4 Å². The van der Waals surface area contributed by atoms with Crippen LogP contribution in [0.3, 0.4) is 0 Å². The van der Waals surface area contributed by atoms with Gasteiger partial charge in [-0.15, -0.1) is 11.3 Å². The molecule has 0 aromatic carbocycles. The van der Waals surface area contributed by atoms with Gasteiger partial charge in [-0.2, -0.15) is 0 Å². The second kappa shape index (κ2) is 6.01. The minimum Gasteiger partial charge on any atom is -0.478 e. The first kappa shape index (κ1) is 14.0. The Labute approximate surface area is 107 Å². The van der Waals surface area contributed by atoms with Crippen LogP contribution >= 0.6 is 11.3 Å². The summed E-state index contributed by atoms with van der Waals surface area (Å²) < 4.78 is 4.44. The molecular formula is C10H12N2O5S. The lowest BCUT2D eigenvalue weighted by molar-refractivity contribution is -0.142. The molecule has 0 unspecified atom stereocenters. The molecule has 2 amide bonds. The third kappa shape index (κ3) is 3.45. The van der Waals surface area contributed by atoms with Crippen molar-refractivity contribution >= 4 is 34.3 Å². The Morgan fingerprint density at radius 3 is 2.67 bits per heavy atom. The van der Waals surface area contributed by atoms with Gasteiger partial charge in [-0.3, -0.25) is 5.32 Å². The monoisotopic (exact) mass is 272 g/mol. The summed E-state index contributed by atoms with van der Waals surface area (Å²) in [6.45, 7) is 1.46. The third-order valence-electron chi connectivity index (χ3n) is 2.03. The van der Waals surface area contributed by atoms with Gasteiger partial charge in [-0.05, 0) is 18.4 Å². The molecule has 1 atom stereocenters. The number of carbonyl (C=O) groups is 3. The van der Waals surface area contributed by atoms with Crippen LogP contribution in [0, 0.1) is 0 Å². The van der Waals surface area contributed by atoms with Crippen LogP contribution in [0.5, 0.6) is 0 Å². The maximum Gasteiger partial charge on any atom is 0.338 e. The Morgan fingerprint density at radius 1 is 1.44 bits per heavy atom. The number of carbonyl (C=O) groups excluding carboxylic acids is 2. The van der Waals surface area contributed by atoms with Crippen LogP contribution in [0.25, 0.3) is 0 Å². The molecular weight excluding hydrogens is 260 g/mol. The molecule has 0 spiro atoms. The van der Waals surface area contributed by atoms with Gasteiger partial charge >= 0.3 is 18.0 Å². The van der Waals surface area contributed by atoms with Crippen LogP contribution in [0.2, 0.25) is 0 Å². The second-order valence-corrected chi connectivity index (χ2v) is 4.23. The van der Waals surface area contributed by atoms with E-state index in [1.165, 1.54) is 20.1 Å². The van der Waals surface area contributed by atoms with E-state index in [4.69, 9.17) is 5.11 Å². The van der Waals surface area contributed by atoms with Crippen molar-refractivity contribution in [2.75, 3.05) is 12.4 Å². The Kier molecular flexibility index (Phi) is 4.67. The van der Waals surface area contributed by atoms with E-state index in [1.54, 1.807) is 5.38 Å². The zero-order chi connectivity index (χ0) is 13.7. The largest absolute Gasteiger partial charge is 0.478 e. The first-order valence-electron chi connectivity index (χ1n) is 4.91. The summed E-state index contributed by atoms with van der Waals surface area (Å²) in [5.74, 6) is -1.72. The summed E-state index contributed by atoms with van der Waals surface area (Å²) in [5, 5.41) is 15.3. The van der Waals surface area contributed by atoms with Crippen molar-refractivity contribution in [2.24, 2.45) is 0 Å². The number of aromatic carboxylic acids is 1. The standard InChI is InChI=1S/C10H12N2O5S/c1-5(9(15)17-2)11-10(16)12-7-6(8(13)14)3-4-18-7/h3-5H,1-2H3,(H,13,14)(H2,11,12,16)/t5-/m0/s1. The minimum atomic E-state index is -1.13. The smallest absolute Gasteiger partial charge is 0.338 e. The molecule has 1 aromatic heterocycles. The van der Waals surface area contributed by atoms with Gasteiger partial charge in [0, 0.05) is 0 Å². The number of ether oxygens (including phenoxy) is 1. The molecule has 0 aliphatic carbocycles. The molecule has 1 rings (SSSR count). The van der Waals surface area contributed by atoms with Crippen molar-refractivity contribution in [3.05, 3.63) is 17.0 Å². The predicted molar refractivity (Wildman–Crippen MR) is 64.9 cm³/mol. The van der Waals surface area contributed by atoms with E-state index in [0.717, 1.165) is 11.3 Å². The summed E-state index contributed by atoms with van der Waals surface area (Å²) in [4.78, 5) is 33.4. The SMILES string of the molecule is COC(=O)[C@H](C)NC(=O)Nc1sccc1C(=O)O. The Bertz CT molecular complexity index is 471. The number of thiophene rings is 1. The van der Waals surface area contributed by atoms with E-state index < -0.39 is 24.0 Å². The van der Waals surface area contributed by atoms with Crippen LogP contribution in [-0.2, 0) is 9.53 Å². The van der Waals surface area contributed by atoms with E-state index >= 15 is 0 Å². The zero-order valence-electron chi connectivity index (χ0n) is 9.72. The first-order valence-corrected chi connectivity index (χ1v) is 5.79. The highest BCUT2D eigenvalue weighted by Gasteiger charge is 2.18. The van der Waals surface area contributed by atoms with Gasteiger partial charge < -0.3 is 15.2 Å². The highest BCUT2D eigenvalue weighted by molar-refractivity contribution is 7.14. The van der Waals surface area contributed by atoms with Gasteiger partial charge in [0.1, 0.15) is 11.0 Å². The number of nitrogens with one attached hydrogen (secondary N) is 2. The molecule has 0 bridgehead atoms. The lowest BCUT2D eigenvalue weighted by Crippen LogP contribution is -2.41. The number of amides is 2. The van der Waals surface area contributed by atoms with E-state index in [9.17, 15) is 14.4 Å². The molecule has 7 nitrogen and oxygen atoms in total. The quantitative estimate of drug-likeness (QED) is 0.713. The molecule has 0 fully saturated rings. The number of urea groups is 1. The van der Waals surface area contributed by atoms with Crippen molar-refractivity contribution in [2.45, 2.75) is 13.0 Å². The number of hydrogen-bond acceptors (Lipinski definition) is 5. The Morgan fingerprint density at radius 2 is 2.11 bits per heavy atom. The van der Waals surface area contributed by atoms with Crippen LogP contribution < -0.4 is 10.6 Å². The van der Waals surface area contributed by atoms with Crippen LogP contribution in [0.15, 0.2) is 11.4 Å². The lowest BCUT2D eigenvalue weighted by atomic mass is 10.3. The Balaban J connectivity index is 2.62. The normalized spacial score (nSPS) is 11.4. The molecule has 8 heteroatoms. The summed E-state index contributed by atoms with van der Waals surface area (Å²) in [5.41, 5.74) is 0.000807. The first-order chi connectivity index (χ1) is 8.45. The fourth-order valence-electron chi connectivity index (χ4n) is 1.15. The minimum absolute atomic E-state index is 0.000807. The fraction of sp³-hybridized carbons (Fsp3) is 0.300. The van der Waals surface area contributed by atoms with Gasteiger partial charge in [-0.25, -0.2) is 14.4 Å². The maximum absolute atomic E-state index is 11.5. The van der Waals surface area contributed by atoms with Gasteiger partial charge in [-0.1, -0.05) is 0 Å². The van der Waals surface area contributed by atoms with Crippen molar-refractivity contribution < 1.29 is 24.2 Å². The lowest BCUT2D eigenvalue weighted by Gasteiger charge is -2.12. The van der Waals surface area contributed by atoms with E-state index in [1.807, 2.05) is 0 Å². The number of esters is 1. The number of carboxylic acid groups (broad SMARTS) is 1. The number of anilines is 1. The maximum atomic E-state index is 11.5. The molecule has 18 heavy (non-hydrogen) atoms. The summed E-state index contributed by atoms with van der Waals surface area (Å²) in [6, 6.07) is -0.104. The van der Waals surface area contributed by atoms with Crippen molar-refractivity contribution in [1.29, 1.82) is 0 Å². The molecule has 0 saturated heterocycles. The number of methoxy groups -OCH3 is 1. The topological polar surface area (TPSA) is 105 Å². The van der Waals surface area contributed by atoms with Crippen molar-refractivity contribution in [1.82, 2.24) is 5.32 Å². The van der Waals surface area contributed by atoms with Crippen LogP contribution in [0.1, 0.15) is 17.3 Å². The van der Waals surface area contributed by atoms with E-state index in [-0.39, 0.29) is 10.6 Å². The second-order valence-electron chi connectivity index (χ2n) is 3.31. The van der Waals surface area contributed by atoms with Gasteiger partial charge in [0.05, 0.1) is 12.7 Å². The van der Waals surface area contributed by atoms with E-state index in [0.29, 0.717) is 0 Å². The molecule has 0 aliphatic heterocycles. The highest BCUT2D eigenvalue weighted by Crippen LogP contribution is 2.22. The van der Waals surface area contributed by atoms with Crippen LogP contribution in [0.4, 0.5) is 9.80 Å². The molecule has 0 radical (unpaired) electrons. The van der Waals surface area contributed by atoms with Crippen molar-refractivity contribution in [3.63, 3.8) is 0 Å². The summed E-state index contributed by atoms with van der Waals surface area (Å²) in [7, 11) is 1.21. The molecule has 3 N–H and O–H groups in total. The highest BCUT2D eigenvalue weighted by atomic mass is 32.1. The zero-order valence-corrected chi connectivity index (χ0v) is 10.5.